The molecule has 6 heteroatoms. The lowest BCUT2D eigenvalue weighted by Crippen LogP contribution is -2.34. The minimum Gasteiger partial charge on any atom is -0.480 e. The Morgan fingerprint density at radius 2 is 2.05 bits per heavy atom. The van der Waals surface area contributed by atoms with Crippen LogP contribution in [0.4, 0.5) is 5.69 Å². The van der Waals surface area contributed by atoms with E-state index in [1.807, 2.05) is 13.8 Å². The Hall–Kier alpha value is -2.08. The number of hydrogen-bond acceptors (Lipinski definition) is 4. The van der Waals surface area contributed by atoms with Crippen molar-refractivity contribution in [1.29, 1.82) is 0 Å². The number of anilines is 1. The largest absolute Gasteiger partial charge is 0.480 e. The maximum Gasteiger partial charge on any atom is 0.341 e. The zero-order valence-electron chi connectivity index (χ0n) is 11.7. The number of carbonyl (C=O) groups excluding carboxylic acids is 1. The lowest BCUT2D eigenvalue weighted by Gasteiger charge is -2.13. The van der Waals surface area contributed by atoms with Gasteiger partial charge in [-0.05, 0) is 25.5 Å². The van der Waals surface area contributed by atoms with Crippen molar-refractivity contribution in [3.05, 3.63) is 24.3 Å². The van der Waals surface area contributed by atoms with E-state index in [0.717, 1.165) is 6.42 Å². The molecule has 0 aliphatic rings. The smallest absolute Gasteiger partial charge is 0.341 e. The molecular formula is C14H20N2O4. The number of rotatable bonds is 8. The van der Waals surface area contributed by atoms with Gasteiger partial charge in [0.2, 0.25) is 5.91 Å². The molecule has 6 nitrogen and oxygen atoms in total. The SMILES string of the molecule is CCC(C)NCC(=O)Nc1ccccc1OCC(=O)O. The minimum absolute atomic E-state index is 0.197. The highest BCUT2D eigenvalue weighted by Crippen LogP contribution is 2.23. The van der Waals surface area contributed by atoms with Crippen molar-refractivity contribution in [2.45, 2.75) is 26.3 Å². The molecule has 0 aliphatic carbocycles. The summed E-state index contributed by atoms with van der Waals surface area (Å²) in [6, 6.07) is 6.99. The molecule has 0 spiro atoms. The van der Waals surface area contributed by atoms with E-state index in [2.05, 4.69) is 10.6 Å². The Morgan fingerprint density at radius 3 is 2.70 bits per heavy atom. The third-order valence-electron chi connectivity index (χ3n) is 2.74. The molecular weight excluding hydrogens is 260 g/mol. The van der Waals surface area contributed by atoms with E-state index in [4.69, 9.17) is 9.84 Å². The first-order valence-corrected chi connectivity index (χ1v) is 6.49. The average molecular weight is 280 g/mol. The van der Waals surface area contributed by atoms with Crippen molar-refractivity contribution >= 4 is 17.6 Å². The summed E-state index contributed by atoms with van der Waals surface area (Å²) in [6.07, 6.45) is 0.936. The quantitative estimate of drug-likeness (QED) is 0.671. The van der Waals surface area contributed by atoms with Gasteiger partial charge in [-0.25, -0.2) is 4.79 Å². The van der Waals surface area contributed by atoms with Crippen LogP contribution in [-0.4, -0.2) is 36.2 Å². The molecule has 0 heterocycles. The normalized spacial score (nSPS) is 11.7. The van der Waals surface area contributed by atoms with Gasteiger partial charge in [0.1, 0.15) is 5.75 Å². The highest BCUT2D eigenvalue weighted by Gasteiger charge is 2.09. The molecule has 0 saturated heterocycles. The minimum atomic E-state index is -1.07. The number of hydrogen-bond donors (Lipinski definition) is 3. The maximum atomic E-state index is 11.8. The standard InChI is InChI=1S/C14H20N2O4/c1-3-10(2)15-8-13(17)16-11-6-4-5-7-12(11)20-9-14(18)19/h4-7,10,15H,3,8-9H2,1-2H3,(H,16,17)(H,18,19). The fourth-order valence-electron chi connectivity index (χ4n) is 1.44. The number of carbonyl (C=O) groups is 2. The molecule has 0 radical (unpaired) electrons. The molecule has 1 aromatic carbocycles. The van der Waals surface area contributed by atoms with Crippen molar-refractivity contribution < 1.29 is 19.4 Å². The summed E-state index contributed by atoms with van der Waals surface area (Å²) in [7, 11) is 0. The zero-order valence-corrected chi connectivity index (χ0v) is 11.7. The van der Waals surface area contributed by atoms with E-state index in [1.165, 1.54) is 0 Å². The molecule has 1 rings (SSSR count). The molecule has 0 aromatic heterocycles. The third-order valence-corrected chi connectivity index (χ3v) is 2.74. The summed E-state index contributed by atoms with van der Waals surface area (Å²) < 4.78 is 5.11. The fourth-order valence-corrected chi connectivity index (χ4v) is 1.44. The second kappa shape index (κ2) is 8.16. The van der Waals surface area contributed by atoms with Gasteiger partial charge in [-0.1, -0.05) is 19.1 Å². The summed E-state index contributed by atoms with van der Waals surface area (Å²) in [5, 5.41) is 14.4. The Balaban J connectivity index is 2.57. The van der Waals surface area contributed by atoms with Crippen LogP contribution in [0.25, 0.3) is 0 Å². The number of ether oxygens (including phenoxy) is 1. The van der Waals surface area contributed by atoms with Gasteiger partial charge in [-0.15, -0.1) is 0 Å². The molecule has 0 fully saturated rings. The van der Waals surface area contributed by atoms with Crippen LogP contribution in [0.1, 0.15) is 20.3 Å². The number of benzene rings is 1. The molecule has 1 amide bonds. The number of aliphatic carboxylic acids is 1. The molecule has 20 heavy (non-hydrogen) atoms. The summed E-state index contributed by atoms with van der Waals surface area (Å²) in [5.74, 6) is -0.923. The van der Waals surface area contributed by atoms with Crippen molar-refractivity contribution in [1.82, 2.24) is 5.32 Å². The molecule has 3 N–H and O–H groups in total. The van der Waals surface area contributed by atoms with Gasteiger partial charge in [0, 0.05) is 6.04 Å². The number of amides is 1. The van der Waals surface area contributed by atoms with Crippen LogP contribution in [0.15, 0.2) is 24.3 Å². The fraction of sp³-hybridized carbons (Fsp3) is 0.429. The van der Waals surface area contributed by atoms with Gasteiger partial charge in [0.05, 0.1) is 12.2 Å². The van der Waals surface area contributed by atoms with E-state index in [0.29, 0.717) is 11.4 Å². The topological polar surface area (TPSA) is 87.7 Å². The maximum absolute atomic E-state index is 11.8. The summed E-state index contributed by atoms with van der Waals surface area (Å²) in [4.78, 5) is 22.3. The van der Waals surface area contributed by atoms with Crippen LogP contribution >= 0.6 is 0 Å². The van der Waals surface area contributed by atoms with E-state index in [-0.39, 0.29) is 18.5 Å². The van der Waals surface area contributed by atoms with Crippen molar-refractivity contribution in [3.63, 3.8) is 0 Å². The zero-order chi connectivity index (χ0) is 15.0. The first-order valence-electron chi connectivity index (χ1n) is 6.49. The molecule has 1 aromatic rings. The van der Waals surface area contributed by atoms with Gasteiger partial charge in [-0.3, -0.25) is 4.79 Å². The van der Waals surface area contributed by atoms with E-state index in [9.17, 15) is 9.59 Å². The lowest BCUT2D eigenvalue weighted by atomic mass is 10.2. The molecule has 0 aliphatic heterocycles. The number of carboxylic acid groups (broad SMARTS) is 1. The van der Waals surface area contributed by atoms with Crippen molar-refractivity contribution in [2.75, 3.05) is 18.5 Å². The Morgan fingerprint density at radius 1 is 1.35 bits per heavy atom. The summed E-state index contributed by atoms with van der Waals surface area (Å²) in [5.41, 5.74) is 0.463. The first kappa shape index (κ1) is 16.0. The highest BCUT2D eigenvalue weighted by molar-refractivity contribution is 5.93. The second-order valence-electron chi connectivity index (χ2n) is 4.42. The second-order valence-corrected chi connectivity index (χ2v) is 4.42. The Bertz CT molecular complexity index is 462. The number of carboxylic acids is 1. The Labute approximate surface area is 118 Å². The van der Waals surface area contributed by atoms with Gasteiger partial charge in [-0.2, -0.15) is 0 Å². The summed E-state index contributed by atoms with van der Waals surface area (Å²) in [6.45, 7) is 3.78. The van der Waals surface area contributed by atoms with Crippen LogP contribution in [0, 0.1) is 0 Å². The Kier molecular flexibility index (Phi) is 6.52. The van der Waals surface area contributed by atoms with E-state index >= 15 is 0 Å². The van der Waals surface area contributed by atoms with Crippen LogP contribution in [0.3, 0.4) is 0 Å². The van der Waals surface area contributed by atoms with Gasteiger partial charge in [0.15, 0.2) is 6.61 Å². The van der Waals surface area contributed by atoms with Gasteiger partial charge in [0.25, 0.3) is 0 Å². The van der Waals surface area contributed by atoms with Crippen molar-refractivity contribution in [3.8, 4) is 5.75 Å². The van der Waals surface area contributed by atoms with Gasteiger partial charge < -0.3 is 20.5 Å². The van der Waals surface area contributed by atoms with Crippen LogP contribution in [0.2, 0.25) is 0 Å². The van der Waals surface area contributed by atoms with Crippen LogP contribution < -0.4 is 15.4 Å². The predicted molar refractivity (Wildman–Crippen MR) is 76.0 cm³/mol. The van der Waals surface area contributed by atoms with E-state index in [1.54, 1.807) is 24.3 Å². The van der Waals surface area contributed by atoms with E-state index < -0.39 is 12.6 Å². The first-order chi connectivity index (χ1) is 9.52. The van der Waals surface area contributed by atoms with Crippen molar-refractivity contribution in [2.24, 2.45) is 0 Å². The lowest BCUT2D eigenvalue weighted by molar-refractivity contribution is -0.139. The van der Waals surface area contributed by atoms with Crippen LogP contribution in [0.5, 0.6) is 5.75 Å². The van der Waals surface area contributed by atoms with Gasteiger partial charge >= 0.3 is 5.97 Å². The monoisotopic (exact) mass is 280 g/mol. The number of para-hydroxylation sites is 2. The average Bonchev–Trinajstić information content (AvgIpc) is 2.43. The highest BCUT2D eigenvalue weighted by atomic mass is 16.5. The van der Waals surface area contributed by atoms with Crippen LogP contribution in [-0.2, 0) is 9.59 Å². The molecule has 110 valence electrons. The number of nitrogens with one attached hydrogen (secondary N) is 2. The predicted octanol–water partition coefficient (Wildman–Crippen LogP) is 1.48. The summed E-state index contributed by atoms with van der Waals surface area (Å²) >= 11 is 0. The molecule has 1 unspecified atom stereocenters. The molecule has 0 saturated carbocycles. The molecule has 0 bridgehead atoms. The third kappa shape index (κ3) is 5.71. The molecule has 1 atom stereocenters.